The summed E-state index contributed by atoms with van der Waals surface area (Å²) in [4.78, 5) is 11.7. The number of anilines is 3. The van der Waals surface area contributed by atoms with Gasteiger partial charge >= 0.3 is 0 Å². The molecule has 0 radical (unpaired) electrons. The second-order valence-electron chi connectivity index (χ2n) is 10.8. The number of benzene rings is 2. The van der Waals surface area contributed by atoms with Gasteiger partial charge in [-0.3, -0.25) is 0 Å². The van der Waals surface area contributed by atoms with E-state index in [1.54, 1.807) is 13.3 Å². The van der Waals surface area contributed by atoms with Crippen molar-refractivity contribution in [2.45, 2.75) is 51.6 Å². The lowest BCUT2D eigenvalue weighted by atomic mass is 9.92. The number of nitrogens with zero attached hydrogens (tertiary/aromatic N) is 3. The highest BCUT2D eigenvalue weighted by atomic mass is 16.5. The van der Waals surface area contributed by atoms with Crippen molar-refractivity contribution in [2.24, 2.45) is 5.92 Å². The van der Waals surface area contributed by atoms with Crippen molar-refractivity contribution in [1.29, 1.82) is 0 Å². The number of likely N-dealkylation sites (tertiary alicyclic amines) is 1. The van der Waals surface area contributed by atoms with Gasteiger partial charge in [-0.1, -0.05) is 6.92 Å². The number of rotatable bonds is 12. The number of nitrogen functional groups attached to an aromatic ring is 1. The van der Waals surface area contributed by atoms with Crippen molar-refractivity contribution in [3.63, 3.8) is 0 Å². The summed E-state index contributed by atoms with van der Waals surface area (Å²) in [5.74, 6) is 3.40. The van der Waals surface area contributed by atoms with E-state index in [0.717, 1.165) is 61.9 Å². The van der Waals surface area contributed by atoms with Crippen LogP contribution in [0, 0.1) is 5.92 Å². The van der Waals surface area contributed by atoms with Gasteiger partial charge in [0.15, 0.2) is 11.5 Å². The monoisotopic (exact) mass is 561 g/mol. The minimum Gasteiger partial charge on any atom is -0.493 e. The molecule has 41 heavy (non-hydrogen) atoms. The van der Waals surface area contributed by atoms with Gasteiger partial charge in [0.05, 0.1) is 38.3 Å². The molecule has 2 aliphatic heterocycles. The van der Waals surface area contributed by atoms with Crippen LogP contribution in [0.3, 0.4) is 0 Å². The topological polar surface area (TPSA) is 104 Å². The van der Waals surface area contributed by atoms with Crippen LogP contribution < -0.4 is 25.3 Å². The molecule has 2 aliphatic rings. The molecule has 0 aliphatic carbocycles. The van der Waals surface area contributed by atoms with Gasteiger partial charge in [-0.2, -0.15) is 0 Å². The zero-order chi connectivity index (χ0) is 28.4. The van der Waals surface area contributed by atoms with Crippen LogP contribution in [-0.4, -0.2) is 67.5 Å². The third-order valence-corrected chi connectivity index (χ3v) is 8.01. The highest BCUT2D eigenvalue weighted by Gasteiger charge is 2.19. The predicted molar refractivity (Wildman–Crippen MR) is 162 cm³/mol. The molecule has 2 saturated heterocycles. The lowest BCUT2D eigenvalue weighted by Crippen LogP contribution is -2.33. The summed E-state index contributed by atoms with van der Waals surface area (Å²) in [5.41, 5.74) is 9.41. The second kappa shape index (κ2) is 14.4. The fraction of sp³-hybridized carbons (Fsp3) is 0.500. The van der Waals surface area contributed by atoms with Gasteiger partial charge in [0.25, 0.3) is 0 Å². The van der Waals surface area contributed by atoms with Crippen LogP contribution in [0.1, 0.15) is 45.4 Å². The Kier molecular flexibility index (Phi) is 10.1. The molecule has 0 bridgehead atoms. The SMILES string of the molecule is CCN1CCC(CCCOc2cc(Nc3nccc(-c4ccc(OC5CCOCC5)c(N)c4)n3)ccc2OC)CC1. The van der Waals surface area contributed by atoms with Crippen LogP contribution in [-0.2, 0) is 4.74 Å². The minimum absolute atomic E-state index is 0.133. The summed E-state index contributed by atoms with van der Waals surface area (Å²) in [5, 5.41) is 3.31. The molecule has 3 heterocycles. The minimum atomic E-state index is 0.133. The van der Waals surface area contributed by atoms with E-state index in [4.69, 9.17) is 29.7 Å². The number of hydrogen-bond donors (Lipinski definition) is 2. The Bertz CT molecular complexity index is 1260. The van der Waals surface area contributed by atoms with Gasteiger partial charge in [0.2, 0.25) is 5.95 Å². The number of aromatic nitrogens is 2. The first-order chi connectivity index (χ1) is 20.1. The Morgan fingerprint density at radius 2 is 1.80 bits per heavy atom. The standard InChI is InChI=1S/C32H43N5O4/c1-3-37-16-11-23(12-17-37)5-4-18-40-31-22-25(7-9-30(31)38-2)35-32-34-15-10-28(36-32)24-6-8-29(27(33)21-24)41-26-13-19-39-20-14-26/h6-10,15,21-23,26H,3-5,11-14,16-20,33H2,1-2H3,(H,34,35,36). The lowest BCUT2D eigenvalue weighted by molar-refractivity contribution is 0.0259. The van der Waals surface area contributed by atoms with Crippen LogP contribution in [0.25, 0.3) is 11.3 Å². The molecule has 3 aromatic rings. The molecule has 9 heteroatoms. The molecule has 2 fully saturated rings. The van der Waals surface area contributed by atoms with E-state index < -0.39 is 0 Å². The van der Waals surface area contributed by atoms with E-state index in [2.05, 4.69) is 22.1 Å². The number of nitrogens with one attached hydrogen (secondary N) is 1. The van der Waals surface area contributed by atoms with Crippen LogP contribution in [0.15, 0.2) is 48.7 Å². The van der Waals surface area contributed by atoms with Gasteiger partial charge < -0.3 is 34.9 Å². The van der Waals surface area contributed by atoms with Crippen molar-refractivity contribution in [1.82, 2.24) is 14.9 Å². The molecule has 0 amide bonds. The summed E-state index contributed by atoms with van der Waals surface area (Å²) in [6.07, 6.45) is 8.43. The molecule has 3 N–H and O–H groups in total. The summed E-state index contributed by atoms with van der Waals surface area (Å²) in [6.45, 7) is 7.94. The molecular weight excluding hydrogens is 518 g/mol. The maximum absolute atomic E-state index is 6.34. The zero-order valence-electron chi connectivity index (χ0n) is 24.3. The molecule has 0 spiro atoms. The van der Waals surface area contributed by atoms with Gasteiger partial charge in [0.1, 0.15) is 11.9 Å². The van der Waals surface area contributed by atoms with E-state index >= 15 is 0 Å². The third-order valence-electron chi connectivity index (χ3n) is 8.01. The molecule has 0 atom stereocenters. The van der Waals surface area contributed by atoms with Crippen molar-refractivity contribution in [3.05, 3.63) is 48.7 Å². The number of hydrogen-bond acceptors (Lipinski definition) is 9. The molecule has 220 valence electrons. The predicted octanol–water partition coefficient (Wildman–Crippen LogP) is 5.93. The Hall–Kier alpha value is -3.56. The van der Waals surface area contributed by atoms with Crippen LogP contribution in [0.5, 0.6) is 17.2 Å². The van der Waals surface area contributed by atoms with E-state index in [0.29, 0.717) is 35.5 Å². The Morgan fingerprint density at radius 3 is 2.56 bits per heavy atom. The first-order valence-corrected chi connectivity index (χ1v) is 14.9. The number of ether oxygens (including phenoxy) is 4. The van der Waals surface area contributed by atoms with E-state index in [9.17, 15) is 0 Å². The Morgan fingerprint density at radius 1 is 1.00 bits per heavy atom. The van der Waals surface area contributed by atoms with Crippen LogP contribution in [0.2, 0.25) is 0 Å². The number of methoxy groups -OCH3 is 1. The van der Waals surface area contributed by atoms with Gasteiger partial charge in [-0.15, -0.1) is 0 Å². The zero-order valence-corrected chi connectivity index (χ0v) is 24.3. The molecule has 9 nitrogen and oxygen atoms in total. The van der Waals surface area contributed by atoms with E-state index in [1.165, 1.54) is 32.4 Å². The highest BCUT2D eigenvalue weighted by Crippen LogP contribution is 2.33. The van der Waals surface area contributed by atoms with Crippen molar-refractivity contribution in [2.75, 3.05) is 57.6 Å². The quantitative estimate of drug-likeness (QED) is 0.206. The normalized spacial score (nSPS) is 16.8. The Balaban J connectivity index is 1.18. The van der Waals surface area contributed by atoms with Gasteiger partial charge in [-0.25, -0.2) is 9.97 Å². The maximum Gasteiger partial charge on any atom is 0.227 e. The number of nitrogens with two attached hydrogens (primary N) is 1. The summed E-state index contributed by atoms with van der Waals surface area (Å²) in [7, 11) is 1.66. The fourth-order valence-electron chi connectivity index (χ4n) is 5.51. The molecule has 5 rings (SSSR count). The van der Waals surface area contributed by atoms with Gasteiger partial charge in [0, 0.05) is 36.4 Å². The fourth-order valence-corrected chi connectivity index (χ4v) is 5.51. The summed E-state index contributed by atoms with van der Waals surface area (Å²) >= 11 is 0. The molecule has 0 unspecified atom stereocenters. The van der Waals surface area contributed by atoms with Crippen LogP contribution >= 0.6 is 0 Å². The third kappa shape index (κ3) is 8.01. The second-order valence-corrected chi connectivity index (χ2v) is 10.8. The van der Waals surface area contributed by atoms with E-state index in [1.807, 2.05) is 42.5 Å². The van der Waals surface area contributed by atoms with Crippen molar-refractivity contribution >= 4 is 17.3 Å². The first-order valence-electron chi connectivity index (χ1n) is 14.9. The van der Waals surface area contributed by atoms with Crippen LogP contribution in [0.4, 0.5) is 17.3 Å². The summed E-state index contributed by atoms with van der Waals surface area (Å²) in [6, 6.07) is 13.4. The highest BCUT2D eigenvalue weighted by molar-refractivity contribution is 5.69. The average Bonchev–Trinajstić information content (AvgIpc) is 3.01. The average molecular weight is 562 g/mol. The van der Waals surface area contributed by atoms with Crippen molar-refractivity contribution in [3.8, 4) is 28.5 Å². The summed E-state index contributed by atoms with van der Waals surface area (Å²) < 4.78 is 23.2. The van der Waals surface area contributed by atoms with Gasteiger partial charge in [-0.05, 0) is 87.6 Å². The van der Waals surface area contributed by atoms with Crippen molar-refractivity contribution < 1.29 is 18.9 Å². The smallest absolute Gasteiger partial charge is 0.227 e. The maximum atomic E-state index is 6.34. The Labute approximate surface area is 243 Å². The molecular formula is C32H43N5O4. The number of piperidine rings is 1. The van der Waals surface area contributed by atoms with E-state index in [-0.39, 0.29) is 6.10 Å². The molecule has 1 aromatic heterocycles. The first kappa shape index (κ1) is 29.0. The lowest BCUT2D eigenvalue weighted by Gasteiger charge is -2.31. The largest absolute Gasteiger partial charge is 0.493 e. The molecule has 0 saturated carbocycles. The molecule has 2 aromatic carbocycles.